The second kappa shape index (κ2) is 4.04. The highest BCUT2D eigenvalue weighted by molar-refractivity contribution is 7.97. The third kappa shape index (κ3) is 2.29. The fourth-order valence-electron chi connectivity index (χ4n) is 0.913. The molecule has 0 unspecified atom stereocenters. The summed E-state index contributed by atoms with van der Waals surface area (Å²) in [6.07, 6.45) is 0. The molecule has 1 rings (SSSR count). The molecule has 5 heteroatoms. The normalized spacial score (nSPS) is 9.38. The maximum atomic E-state index is 7.22. The second-order valence-corrected chi connectivity index (χ2v) is 2.99. The molecule has 0 radical (unpaired) electrons. The van der Waals surface area contributed by atoms with Gasteiger partial charge in [-0.3, -0.25) is 5.41 Å². The van der Waals surface area contributed by atoms with Crippen LogP contribution in [0.3, 0.4) is 0 Å². The Morgan fingerprint density at radius 2 is 1.92 bits per heavy atom. The van der Waals surface area contributed by atoms with Crippen LogP contribution in [0.15, 0.2) is 29.5 Å². The summed E-state index contributed by atoms with van der Waals surface area (Å²) in [6, 6.07) is 7.37. The van der Waals surface area contributed by atoms with Gasteiger partial charge in [0, 0.05) is 0 Å². The first-order chi connectivity index (χ1) is 6.15. The van der Waals surface area contributed by atoms with E-state index in [9.17, 15) is 0 Å². The van der Waals surface area contributed by atoms with Crippen molar-refractivity contribution in [3.05, 3.63) is 29.8 Å². The zero-order valence-electron chi connectivity index (χ0n) is 7.15. The van der Waals surface area contributed by atoms with Crippen LogP contribution in [-0.2, 0) is 0 Å². The van der Waals surface area contributed by atoms with Gasteiger partial charge in [-0.05, 0) is 19.1 Å². The summed E-state index contributed by atoms with van der Waals surface area (Å²) >= 11 is 3.81. The molecule has 0 atom stereocenters. The predicted molar refractivity (Wildman–Crippen MR) is 55.5 cm³/mol. The zero-order chi connectivity index (χ0) is 9.84. The summed E-state index contributed by atoms with van der Waals surface area (Å²) in [5.41, 5.74) is 8.63. The number of nitrogens with one attached hydrogen (secondary N) is 2. The Bertz CT molecular complexity index is 319. The molecular formula is C8H10N4S. The molecule has 0 aromatic heterocycles. The Hall–Kier alpha value is -1.36. The van der Waals surface area contributed by atoms with E-state index in [1.165, 1.54) is 0 Å². The molecule has 0 fully saturated rings. The first-order valence-corrected chi connectivity index (χ1v) is 4.11. The lowest BCUT2D eigenvalue weighted by Crippen LogP contribution is -2.18. The van der Waals surface area contributed by atoms with Crippen LogP contribution < -0.4 is 5.01 Å². The van der Waals surface area contributed by atoms with E-state index in [0.717, 1.165) is 10.6 Å². The van der Waals surface area contributed by atoms with Crippen molar-refractivity contribution < 1.29 is 0 Å². The number of hydrogen-bond acceptors (Lipinski definition) is 3. The van der Waals surface area contributed by atoms with Gasteiger partial charge in [-0.1, -0.05) is 22.9 Å². The van der Waals surface area contributed by atoms with E-state index in [0.29, 0.717) is 5.69 Å². The third-order valence-electron chi connectivity index (χ3n) is 1.58. The topological polar surface area (TPSA) is 63.3 Å². The highest BCUT2D eigenvalue weighted by Gasteiger charge is 2.06. The first kappa shape index (κ1) is 9.73. The van der Waals surface area contributed by atoms with Crippen molar-refractivity contribution in [2.45, 2.75) is 6.92 Å². The largest absolute Gasteiger partial charge is 0.277 e. The van der Waals surface area contributed by atoms with Crippen molar-refractivity contribution in [3.8, 4) is 0 Å². The average Bonchev–Trinajstić information content (AvgIpc) is 2.09. The molecule has 1 aromatic carbocycles. The summed E-state index contributed by atoms with van der Waals surface area (Å²) in [5, 5.41) is 11.4. The summed E-state index contributed by atoms with van der Waals surface area (Å²) < 4.78 is 0. The maximum absolute atomic E-state index is 7.22. The maximum Gasteiger partial charge on any atom is 0.180 e. The molecule has 0 aliphatic carbocycles. The van der Waals surface area contributed by atoms with E-state index in [1.807, 2.05) is 19.1 Å². The number of hydrogen-bond donors (Lipinski definition) is 3. The number of nitrogens with zero attached hydrogens (tertiary/aromatic N) is 2. The molecule has 0 amide bonds. The molecule has 0 heterocycles. The molecule has 0 saturated heterocycles. The van der Waals surface area contributed by atoms with Crippen molar-refractivity contribution in [2.24, 2.45) is 5.22 Å². The lowest BCUT2D eigenvalue weighted by Gasteiger charge is -2.13. The lowest BCUT2D eigenvalue weighted by molar-refractivity contribution is 0.949. The van der Waals surface area contributed by atoms with Crippen molar-refractivity contribution in [1.29, 1.82) is 10.9 Å². The standard InChI is InChI=1S/C8H10N4S/c1-6-2-4-7(5-3-6)12(11-10)8(9)13/h2-5,10H,1H3,(H2,9,13). The van der Waals surface area contributed by atoms with E-state index in [2.05, 4.69) is 17.9 Å². The van der Waals surface area contributed by atoms with Gasteiger partial charge in [-0.2, -0.15) is 10.5 Å². The van der Waals surface area contributed by atoms with Gasteiger partial charge in [0.05, 0.1) is 5.69 Å². The molecule has 0 spiro atoms. The second-order valence-electron chi connectivity index (χ2n) is 2.57. The number of benzene rings is 1. The third-order valence-corrected chi connectivity index (χ3v) is 1.77. The number of thiol groups is 1. The van der Waals surface area contributed by atoms with Crippen LogP contribution in [0.4, 0.5) is 5.69 Å². The Balaban J connectivity index is 2.99. The predicted octanol–water partition coefficient (Wildman–Crippen LogP) is 2.61. The Labute approximate surface area is 82.0 Å². The van der Waals surface area contributed by atoms with Crippen molar-refractivity contribution in [2.75, 3.05) is 5.01 Å². The minimum atomic E-state index is -0.0705. The average molecular weight is 194 g/mol. The van der Waals surface area contributed by atoms with E-state index >= 15 is 0 Å². The van der Waals surface area contributed by atoms with E-state index < -0.39 is 0 Å². The van der Waals surface area contributed by atoms with E-state index in [4.69, 9.17) is 10.9 Å². The van der Waals surface area contributed by atoms with Gasteiger partial charge in [0.2, 0.25) is 0 Å². The molecule has 0 saturated carbocycles. The van der Waals surface area contributed by atoms with E-state index in [-0.39, 0.29) is 5.17 Å². The summed E-state index contributed by atoms with van der Waals surface area (Å²) in [6.45, 7) is 1.97. The number of anilines is 1. The summed E-state index contributed by atoms with van der Waals surface area (Å²) in [4.78, 5) is 0. The van der Waals surface area contributed by atoms with Crippen molar-refractivity contribution in [3.63, 3.8) is 0 Å². The molecule has 0 aliphatic heterocycles. The molecular weight excluding hydrogens is 184 g/mol. The lowest BCUT2D eigenvalue weighted by atomic mass is 10.2. The fourth-order valence-corrected chi connectivity index (χ4v) is 1.07. The number of rotatable bonds is 2. The molecule has 4 nitrogen and oxygen atoms in total. The molecule has 1 aromatic rings. The minimum Gasteiger partial charge on any atom is -0.277 e. The Morgan fingerprint density at radius 1 is 1.38 bits per heavy atom. The molecule has 68 valence electrons. The van der Waals surface area contributed by atoms with Gasteiger partial charge < -0.3 is 0 Å². The van der Waals surface area contributed by atoms with Gasteiger partial charge in [-0.15, -0.1) is 12.6 Å². The van der Waals surface area contributed by atoms with Crippen LogP contribution >= 0.6 is 12.6 Å². The Morgan fingerprint density at radius 3 is 2.31 bits per heavy atom. The highest BCUT2D eigenvalue weighted by Crippen LogP contribution is 2.16. The minimum absolute atomic E-state index is 0.0705. The van der Waals surface area contributed by atoms with Crippen LogP contribution in [0, 0.1) is 17.9 Å². The zero-order valence-corrected chi connectivity index (χ0v) is 8.05. The smallest absolute Gasteiger partial charge is 0.180 e. The first-order valence-electron chi connectivity index (χ1n) is 3.67. The van der Waals surface area contributed by atoms with E-state index in [1.54, 1.807) is 12.1 Å². The number of amidine groups is 1. The Kier molecular flexibility index (Phi) is 3.02. The van der Waals surface area contributed by atoms with Gasteiger partial charge in [-0.25, -0.2) is 0 Å². The van der Waals surface area contributed by atoms with Gasteiger partial charge in [0.1, 0.15) is 0 Å². The molecule has 0 aliphatic rings. The fraction of sp³-hybridized carbons (Fsp3) is 0.125. The summed E-state index contributed by atoms with van der Waals surface area (Å²) in [7, 11) is 0. The molecule has 2 N–H and O–H groups in total. The monoisotopic (exact) mass is 194 g/mol. The SMILES string of the molecule is Cc1ccc(N(N=N)C(=N)S)cc1. The quantitative estimate of drug-likeness (QED) is 0.219. The summed E-state index contributed by atoms with van der Waals surface area (Å²) in [5.74, 6) is 0. The van der Waals surface area contributed by atoms with Crippen LogP contribution in [0.25, 0.3) is 0 Å². The van der Waals surface area contributed by atoms with Crippen molar-refractivity contribution >= 4 is 23.5 Å². The van der Waals surface area contributed by atoms with Crippen LogP contribution in [0.2, 0.25) is 0 Å². The van der Waals surface area contributed by atoms with Crippen LogP contribution in [0.1, 0.15) is 5.56 Å². The van der Waals surface area contributed by atoms with Crippen molar-refractivity contribution in [1.82, 2.24) is 0 Å². The number of aryl methyl sites for hydroxylation is 1. The molecule has 13 heavy (non-hydrogen) atoms. The van der Waals surface area contributed by atoms with Gasteiger partial charge in [0.25, 0.3) is 0 Å². The molecule has 0 bridgehead atoms. The highest BCUT2D eigenvalue weighted by atomic mass is 32.1. The van der Waals surface area contributed by atoms with Gasteiger partial charge in [0.15, 0.2) is 5.17 Å². The van der Waals surface area contributed by atoms with Crippen LogP contribution in [-0.4, -0.2) is 5.17 Å². The van der Waals surface area contributed by atoms with Crippen LogP contribution in [0.5, 0.6) is 0 Å². The van der Waals surface area contributed by atoms with Gasteiger partial charge >= 0.3 is 0 Å².